The molecule has 1 aromatic carbocycles. The number of benzene rings is 1. The van der Waals surface area contributed by atoms with Crippen molar-refractivity contribution in [1.82, 2.24) is 0 Å². The molecule has 0 saturated heterocycles. The van der Waals surface area contributed by atoms with Gasteiger partial charge in [0.05, 0.1) is 4.90 Å². The molecular weight excluding hydrogens is 224 g/mol. The van der Waals surface area contributed by atoms with Crippen molar-refractivity contribution < 1.29 is 13.2 Å². The number of hydrogen-bond donors (Lipinski definition) is 0. The molecule has 0 saturated carbocycles. The van der Waals surface area contributed by atoms with Gasteiger partial charge in [0, 0.05) is 18.6 Å². The minimum Gasteiger partial charge on any atom is -0.299 e. The third-order valence-electron chi connectivity index (χ3n) is 2.38. The molecule has 0 amide bonds. The first-order valence-corrected chi connectivity index (χ1v) is 7.02. The number of ketones is 1. The van der Waals surface area contributed by atoms with Gasteiger partial charge in [-0.2, -0.15) is 0 Å². The van der Waals surface area contributed by atoms with Crippen molar-refractivity contribution in [2.75, 3.05) is 6.26 Å². The molecule has 3 nitrogen and oxygen atoms in total. The second-order valence-electron chi connectivity index (χ2n) is 4.18. The summed E-state index contributed by atoms with van der Waals surface area (Å²) in [4.78, 5) is 11.9. The van der Waals surface area contributed by atoms with Crippen LogP contribution in [0, 0.1) is 5.92 Å². The van der Waals surface area contributed by atoms with Gasteiger partial charge in [0.25, 0.3) is 0 Å². The van der Waals surface area contributed by atoms with Crippen LogP contribution in [0.1, 0.15) is 19.4 Å². The highest BCUT2D eigenvalue weighted by Crippen LogP contribution is 2.17. The quantitative estimate of drug-likeness (QED) is 0.807. The van der Waals surface area contributed by atoms with Crippen molar-refractivity contribution in [3.05, 3.63) is 29.8 Å². The fourth-order valence-electron chi connectivity index (χ4n) is 1.40. The molecule has 0 radical (unpaired) electrons. The van der Waals surface area contributed by atoms with Crippen LogP contribution in [0.3, 0.4) is 0 Å². The van der Waals surface area contributed by atoms with Crippen molar-refractivity contribution in [1.29, 1.82) is 0 Å². The van der Waals surface area contributed by atoms with Crippen LogP contribution in [-0.4, -0.2) is 20.5 Å². The van der Waals surface area contributed by atoms with Crippen molar-refractivity contribution in [2.24, 2.45) is 5.92 Å². The van der Waals surface area contributed by atoms with Crippen LogP contribution in [0.2, 0.25) is 0 Å². The molecular formula is C12H16O3S. The van der Waals surface area contributed by atoms with Gasteiger partial charge in [-0.1, -0.05) is 32.0 Å². The monoisotopic (exact) mass is 240 g/mol. The normalized spacial score (nSPS) is 11.8. The van der Waals surface area contributed by atoms with E-state index in [9.17, 15) is 13.2 Å². The molecule has 16 heavy (non-hydrogen) atoms. The summed E-state index contributed by atoms with van der Waals surface area (Å²) in [7, 11) is -3.26. The van der Waals surface area contributed by atoms with Gasteiger partial charge in [-0.25, -0.2) is 8.42 Å². The Morgan fingerprint density at radius 2 is 1.81 bits per heavy atom. The lowest BCUT2D eigenvalue weighted by atomic mass is 10.0. The average Bonchev–Trinajstić information content (AvgIpc) is 2.16. The molecule has 0 heterocycles. The lowest BCUT2D eigenvalue weighted by Gasteiger charge is -2.08. The number of Topliss-reactive ketones (excluding diaryl/α,β-unsaturated/α-hetero) is 1. The number of carbonyl (C=O) groups excluding carboxylic acids is 1. The molecule has 1 aromatic rings. The van der Waals surface area contributed by atoms with E-state index in [1.54, 1.807) is 18.2 Å². The highest BCUT2D eigenvalue weighted by atomic mass is 32.2. The molecule has 88 valence electrons. The fraction of sp³-hybridized carbons (Fsp3) is 0.417. The van der Waals surface area contributed by atoms with Crippen LogP contribution >= 0.6 is 0 Å². The van der Waals surface area contributed by atoms with E-state index in [2.05, 4.69) is 0 Å². The van der Waals surface area contributed by atoms with Crippen molar-refractivity contribution in [3.8, 4) is 0 Å². The zero-order chi connectivity index (χ0) is 12.3. The Morgan fingerprint density at radius 1 is 1.25 bits per heavy atom. The van der Waals surface area contributed by atoms with E-state index in [0.717, 1.165) is 6.26 Å². The Balaban J connectivity index is 3.11. The van der Waals surface area contributed by atoms with Gasteiger partial charge in [0.1, 0.15) is 5.78 Å². The minimum atomic E-state index is -3.26. The summed E-state index contributed by atoms with van der Waals surface area (Å²) >= 11 is 0. The Hall–Kier alpha value is -1.16. The van der Waals surface area contributed by atoms with Gasteiger partial charge in [-0.3, -0.25) is 4.79 Å². The Labute approximate surface area is 96.4 Å². The van der Waals surface area contributed by atoms with E-state index in [1.165, 1.54) is 6.07 Å². The first-order chi connectivity index (χ1) is 7.32. The van der Waals surface area contributed by atoms with Crippen molar-refractivity contribution >= 4 is 15.6 Å². The zero-order valence-corrected chi connectivity index (χ0v) is 10.5. The van der Waals surface area contributed by atoms with Crippen LogP contribution in [0.5, 0.6) is 0 Å². The lowest BCUT2D eigenvalue weighted by Crippen LogP contribution is -2.13. The van der Waals surface area contributed by atoms with Crippen LogP contribution in [0.25, 0.3) is 0 Å². The molecule has 0 N–H and O–H groups in total. The molecule has 0 spiro atoms. The standard InChI is InChI=1S/C12H16O3S/c1-9(2)11(13)8-10-6-4-5-7-12(10)16(3,14)15/h4-7,9H,8H2,1-3H3. The van der Waals surface area contributed by atoms with E-state index < -0.39 is 9.84 Å². The van der Waals surface area contributed by atoms with Gasteiger partial charge in [0.2, 0.25) is 0 Å². The molecule has 1 rings (SSSR count). The summed E-state index contributed by atoms with van der Waals surface area (Å²) in [5, 5.41) is 0. The van der Waals surface area contributed by atoms with E-state index in [0.29, 0.717) is 5.56 Å². The highest BCUT2D eigenvalue weighted by molar-refractivity contribution is 7.90. The highest BCUT2D eigenvalue weighted by Gasteiger charge is 2.16. The molecule has 0 aliphatic rings. The SMILES string of the molecule is CC(C)C(=O)Cc1ccccc1S(C)(=O)=O. The van der Waals surface area contributed by atoms with E-state index in [4.69, 9.17) is 0 Å². The van der Waals surface area contributed by atoms with Crippen molar-refractivity contribution in [2.45, 2.75) is 25.2 Å². The van der Waals surface area contributed by atoms with Crippen LogP contribution < -0.4 is 0 Å². The number of sulfone groups is 1. The first-order valence-electron chi connectivity index (χ1n) is 5.13. The average molecular weight is 240 g/mol. The predicted octanol–water partition coefficient (Wildman–Crippen LogP) is 1.86. The van der Waals surface area contributed by atoms with Gasteiger partial charge >= 0.3 is 0 Å². The molecule has 0 aliphatic carbocycles. The van der Waals surface area contributed by atoms with E-state index >= 15 is 0 Å². The fourth-order valence-corrected chi connectivity index (χ4v) is 2.35. The summed E-state index contributed by atoms with van der Waals surface area (Å²) in [6.07, 6.45) is 1.34. The molecule has 0 unspecified atom stereocenters. The van der Waals surface area contributed by atoms with E-state index in [1.807, 2.05) is 13.8 Å². The lowest BCUT2D eigenvalue weighted by molar-refractivity contribution is -0.121. The second-order valence-corrected chi connectivity index (χ2v) is 6.16. The summed E-state index contributed by atoms with van der Waals surface area (Å²) < 4.78 is 23.0. The molecule has 0 fully saturated rings. The number of carbonyl (C=O) groups is 1. The van der Waals surface area contributed by atoms with Crippen molar-refractivity contribution in [3.63, 3.8) is 0 Å². The van der Waals surface area contributed by atoms with Crippen LogP contribution in [-0.2, 0) is 21.1 Å². The number of rotatable bonds is 4. The zero-order valence-electron chi connectivity index (χ0n) is 9.73. The molecule has 0 aliphatic heterocycles. The maximum absolute atomic E-state index is 11.6. The Bertz CT molecular complexity index is 487. The molecule has 0 atom stereocenters. The van der Waals surface area contributed by atoms with E-state index in [-0.39, 0.29) is 23.0 Å². The van der Waals surface area contributed by atoms with Crippen LogP contribution in [0.15, 0.2) is 29.2 Å². The first kappa shape index (κ1) is 12.9. The van der Waals surface area contributed by atoms with Gasteiger partial charge in [0.15, 0.2) is 9.84 Å². The van der Waals surface area contributed by atoms with Gasteiger partial charge in [-0.15, -0.1) is 0 Å². The molecule has 4 heteroatoms. The maximum Gasteiger partial charge on any atom is 0.175 e. The second kappa shape index (κ2) is 4.78. The molecule has 0 bridgehead atoms. The third kappa shape index (κ3) is 3.17. The Morgan fingerprint density at radius 3 is 2.31 bits per heavy atom. The minimum absolute atomic E-state index is 0.0519. The topological polar surface area (TPSA) is 51.2 Å². The summed E-state index contributed by atoms with van der Waals surface area (Å²) in [5.41, 5.74) is 0.587. The maximum atomic E-state index is 11.6. The number of hydrogen-bond acceptors (Lipinski definition) is 3. The third-order valence-corrected chi connectivity index (χ3v) is 3.58. The summed E-state index contributed by atoms with van der Waals surface area (Å²) in [5.74, 6) is -0.0243. The predicted molar refractivity (Wildman–Crippen MR) is 63.1 cm³/mol. The van der Waals surface area contributed by atoms with Gasteiger partial charge < -0.3 is 0 Å². The summed E-state index contributed by atoms with van der Waals surface area (Å²) in [6.45, 7) is 3.62. The largest absolute Gasteiger partial charge is 0.299 e. The smallest absolute Gasteiger partial charge is 0.175 e. The summed E-state index contributed by atoms with van der Waals surface area (Å²) in [6, 6.07) is 6.65. The van der Waals surface area contributed by atoms with Gasteiger partial charge in [-0.05, 0) is 11.6 Å². The molecule has 0 aromatic heterocycles. The Kier molecular flexibility index (Phi) is 3.86. The van der Waals surface area contributed by atoms with Crippen LogP contribution in [0.4, 0.5) is 0 Å².